The highest BCUT2D eigenvalue weighted by Crippen LogP contribution is 2.20. The molecule has 2 heterocycles. The second kappa shape index (κ2) is 4.16. The molecule has 1 aliphatic rings. The molecule has 0 amide bonds. The third-order valence-corrected chi connectivity index (χ3v) is 2.50. The van der Waals surface area contributed by atoms with Crippen molar-refractivity contribution >= 4 is 17.4 Å². The van der Waals surface area contributed by atoms with Crippen LogP contribution in [0.2, 0.25) is 5.15 Å². The second-order valence-corrected chi connectivity index (χ2v) is 3.79. The highest BCUT2D eigenvalue weighted by Gasteiger charge is 2.24. The summed E-state index contributed by atoms with van der Waals surface area (Å²) in [4.78, 5) is 10.2. The number of ether oxygens (including phenoxy) is 1. The van der Waals surface area contributed by atoms with Gasteiger partial charge in [0.05, 0.1) is 12.2 Å². The topological polar surface area (TPSA) is 70.2 Å². The minimum Gasteiger partial charge on any atom is -0.374 e. The van der Waals surface area contributed by atoms with Gasteiger partial charge in [0, 0.05) is 6.61 Å². The minimum absolute atomic E-state index is 0.0136. The lowest BCUT2D eigenvalue weighted by Gasteiger charge is -2.05. The zero-order chi connectivity index (χ0) is 10.8. The standard InChI is InChI=1S/C8H10ClN3O3/c9-7-4-8(12(13)14)11(10-7)5-6-2-1-3-15-6/h4,6H,1-3,5H2/t6-/m1/s1. The summed E-state index contributed by atoms with van der Waals surface area (Å²) in [5.74, 6) is -0.0875. The zero-order valence-corrected chi connectivity index (χ0v) is 8.68. The van der Waals surface area contributed by atoms with Gasteiger partial charge >= 0.3 is 5.82 Å². The molecule has 0 aliphatic carbocycles. The Labute approximate surface area is 90.9 Å². The Morgan fingerprint density at radius 1 is 1.80 bits per heavy atom. The first kappa shape index (κ1) is 10.4. The Hall–Kier alpha value is -1.14. The van der Waals surface area contributed by atoms with E-state index in [4.69, 9.17) is 16.3 Å². The van der Waals surface area contributed by atoms with E-state index in [-0.39, 0.29) is 17.1 Å². The minimum atomic E-state index is -0.492. The molecule has 82 valence electrons. The molecule has 7 heteroatoms. The van der Waals surface area contributed by atoms with Gasteiger partial charge in [-0.15, -0.1) is 4.68 Å². The molecule has 1 aliphatic heterocycles. The van der Waals surface area contributed by atoms with E-state index in [0.29, 0.717) is 13.2 Å². The van der Waals surface area contributed by atoms with Crippen LogP contribution in [-0.2, 0) is 11.3 Å². The molecule has 0 N–H and O–H groups in total. The summed E-state index contributed by atoms with van der Waals surface area (Å²) in [6.45, 7) is 1.11. The van der Waals surface area contributed by atoms with Gasteiger partial charge in [-0.25, -0.2) is 0 Å². The highest BCUT2D eigenvalue weighted by atomic mass is 35.5. The number of hydrogen-bond acceptors (Lipinski definition) is 4. The van der Waals surface area contributed by atoms with E-state index in [0.717, 1.165) is 12.8 Å². The maximum atomic E-state index is 10.7. The Morgan fingerprint density at radius 2 is 2.60 bits per heavy atom. The smallest absolute Gasteiger partial charge is 0.346 e. The molecule has 6 nitrogen and oxygen atoms in total. The van der Waals surface area contributed by atoms with E-state index in [9.17, 15) is 10.1 Å². The normalized spacial score (nSPS) is 20.7. The van der Waals surface area contributed by atoms with Gasteiger partial charge in [0.2, 0.25) is 0 Å². The molecule has 1 aromatic rings. The SMILES string of the molecule is O=[N+]([O-])c1cc(Cl)nn1C[C@H]1CCCO1. The van der Waals surface area contributed by atoms with Gasteiger partial charge in [0.15, 0.2) is 5.15 Å². The third-order valence-electron chi connectivity index (χ3n) is 2.32. The summed E-state index contributed by atoms with van der Waals surface area (Å²) < 4.78 is 6.66. The Morgan fingerprint density at radius 3 is 3.20 bits per heavy atom. The van der Waals surface area contributed by atoms with Crippen LogP contribution < -0.4 is 0 Å². The van der Waals surface area contributed by atoms with E-state index >= 15 is 0 Å². The van der Waals surface area contributed by atoms with E-state index in [1.54, 1.807) is 0 Å². The number of nitro groups is 1. The van der Waals surface area contributed by atoms with Crippen molar-refractivity contribution in [3.05, 3.63) is 21.3 Å². The maximum absolute atomic E-state index is 10.7. The molecule has 15 heavy (non-hydrogen) atoms. The quantitative estimate of drug-likeness (QED) is 0.586. The monoisotopic (exact) mass is 231 g/mol. The van der Waals surface area contributed by atoms with Crippen molar-refractivity contribution in [3.8, 4) is 0 Å². The maximum Gasteiger partial charge on any atom is 0.346 e. The van der Waals surface area contributed by atoms with Crippen molar-refractivity contribution in [2.45, 2.75) is 25.5 Å². The molecule has 1 atom stereocenters. The largest absolute Gasteiger partial charge is 0.374 e. The van der Waals surface area contributed by atoms with Crippen LogP contribution in [0.5, 0.6) is 0 Å². The van der Waals surface area contributed by atoms with Gasteiger partial charge in [-0.2, -0.15) is 0 Å². The first-order valence-electron chi connectivity index (χ1n) is 4.66. The van der Waals surface area contributed by atoms with Crippen LogP contribution in [0, 0.1) is 10.1 Å². The van der Waals surface area contributed by atoms with Gasteiger partial charge in [0.1, 0.15) is 6.54 Å². The lowest BCUT2D eigenvalue weighted by atomic mass is 10.2. The summed E-state index contributed by atoms with van der Waals surface area (Å²) in [6.07, 6.45) is 1.92. The molecule has 0 saturated carbocycles. The molecular weight excluding hydrogens is 222 g/mol. The fourth-order valence-corrected chi connectivity index (χ4v) is 1.83. The molecule has 0 unspecified atom stereocenters. The van der Waals surface area contributed by atoms with Crippen molar-refractivity contribution in [2.75, 3.05) is 6.61 Å². The van der Waals surface area contributed by atoms with Crippen LogP contribution in [-0.4, -0.2) is 27.4 Å². The van der Waals surface area contributed by atoms with Crippen LogP contribution in [0.3, 0.4) is 0 Å². The highest BCUT2D eigenvalue weighted by molar-refractivity contribution is 6.29. The predicted octanol–water partition coefficient (Wildman–Crippen LogP) is 1.62. The van der Waals surface area contributed by atoms with Crippen LogP contribution >= 0.6 is 11.6 Å². The molecule has 0 aromatic carbocycles. The number of rotatable bonds is 3. The van der Waals surface area contributed by atoms with Crippen LogP contribution in [0.25, 0.3) is 0 Å². The fourth-order valence-electron chi connectivity index (χ4n) is 1.64. The Bertz CT molecular complexity index is 373. The average Bonchev–Trinajstić information content (AvgIpc) is 2.75. The summed E-state index contributed by atoms with van der Waals surface area (Å²) in [7, 11) is 0. The molecule has 2 rings (SSSR count). The Balaban J connectivity index is 2.15. The fraction of sp³-hybridized carbons (Fsp3) is 0.625. The molecule has 1 aromatic heterocycles. The summed E-state index contributed by atoms with van der Waals surface area (Å²) >= 11 is 5.62. The molecule has 0 radical (unpaired) electrons. The van der Waals surface area contributed by atoms with Crippen LogP contribution in [0.1, 0.15) is 12.8 Å². The number of halogens is 1. The molecular formula is C8H10ClN3O3. The van der Waals surface area contributed by atoms with Gasteiger partial charge in [0.25, 0.3) is 0 Å². The predicted molar refractivity (Wildman–Crippen MR) is 52.9 cm³/mol. The lowest BCUT2D eigenvalue weighted by molar-refractivity contribution is -0.392. The molecule has 1 fully saturated rings. The number of hydrogen-bond donors (Lipinski definition) is 0. The molecule has 0 bridgehead atoms. The number of aromatic nitrogens is 2. The molecule has 0 spiro atoms. The molecule has 1 saturated heterocycles. The van der Waals surface area contributed by atoms with Gasteiger partial charge in [-0.05, 0) is 17.8 Å². The first-order chi connectivity index (χ1) is 7.16. The van der Waals surface area contributed by atoms with E-state index < -0.39 is 4.92 Å². The average molecular weight is 232 g/mol. The second-order valence-electron chi connectivity index (χ2n) is 3.40. The van der Waals surface area contributed by atoms with Crippen molar-refractivity contribution in [1.29, 1.82) is 0 Å². The lowest BCUT2D eigenvalue weighted by Crippen LogP contribution is -2.17. The number of nitrogens with zero attached hydrogens (tertiary/aromatic N) is 3. The first-order valence-corrected chi connectivity index (χ1v) is 5.04. The van der Waals surface area contributed by atoms with E-state index in [1.807, 2.05) is 0 Å². The van der Waals surface area contributed by atoms with Gasteiger partial charge < -0.3 is 14.9 Å². The van der Waals surface area contributed by atoms with Gasteiger partial charge in [-0.3, -0.25) is 0 Å². The van der Waals surface area contributed by atoms with Crippen LogP contribution in [0.4, 0.5) is 5.82 Å². The van der Waals surface area contributed by atoms with E-state index in [2.05, 4.69) is 5.10 Å². The van der Waals surface area contributed by atoms with Crippen molar-refractivity contribution in [1.82, 2.24) is 9.78 Å². The van der Waals surface area contributed by atoms with Crippen molar-refractivity contribution in [3.63, 3.8) is 0 Å². The third kappa shape index (κ3) is 2.27. The van der Waals surface area contributed by atoms with Gasteiger partial charge in [-0.1, -0.05) is 16.7 Å². The van der Waals surface area contributed by atoms with Crippen molar-refractivity contribution in [2.24, 2.45) is 0 Å². The Kier molecular flexibility index (Phi) is 2.88. The van der Waals surface area contributed by atoms with Crippen LogP contribution in [0.15, 0.2) is 6.07 Å². The van der Waals surface area contributed by atoms with Crippen molar-refractivity contribution < 1.29 is 9.66 Å². The summed E-state index contributed by atoms with van der Waals surface area (Å²) in [5.41, 5.74) is 0. The summed E-state index contributed by atoms with van der Waals surface area (Å²) in [6, 6.07) is 1.25. The summed E-state index contributed by atoms with van der Waals surface area (Å²) in [5, 5.41) is 14.6. The van der Waals surface area contributed by atoms with E-state index in [1.165, 1.54) is 10.7 Å². The zero-order valence-electron chi connectivity index (χ0n) is 7.93.